The van der Waals surface area contributed by atoms with E-state index in [2.05, 4.69) is 15.5 Å². The van der Waals surface area contributed by atoms with E-state index in [4.69, 9.17) is 16.1 Å². The first-order valence-electron chi connectivity index (χ1n) is 8.58. The molecule has 140 valence electrons. The molecule has 0 fully saturated rings. The third-order valence-corrected chi connectivity index (χ3v) is 5.38. The van der Waals surface area contributed by atoms with Crippen molar-refractivity contribution in [1.82, 2.24) is 10.1 Å². The normalized spacial score (nSPS) is 10.8. The highest BCUT2D eigenvalue weighted by molar-refractivity contribution is 7.14. The van der Waals surface area contributed by atoms with Gasteiger partial charge >= 0.3 is 0 Å². The third-order valence-electron chi connectivity index (χ3n) is 4.29. The molecule has 28 heavy (non-hydrogen) atoms. The van der Waals surface area contributed by atoms with Crippen molar-refractivity contribution in [1.29, 1.82) is 0 Å². The van der Waals surface area contributed by atoms with Crippen LogP contribution in [-0.4, -0.2) is 16.0 Å². The number of aryl methyl sites for hydroxylation is 2. The summed E-state index contributed by atoms with van der Waals surface area (Å²) >= 11 is 7.63. The van der Waals surface area contributed by atoms with Crippen LogP contribution in [0.1, 0.15) is 21.7 Å². The van der Waals surface area contributed by atoms with E-state index in [1.807, 2.05) is 48.7 Å². The molecule has 0 atom stereocenters. The minimum Gasteiger partial charge on any atom is -0.360 e. The van der Waals surface area contributed by atoms with Crippen LogP contribution in [0.2, 0.25) is 5.02 Å². The van der Waals surface area contributed by atoms with E-state index in [9.17, 15) is 4.79 Å². The highest BCUT2D eigenvalue weighted by atomic mass is 35.5. The van der Waals surface area contributed by atoms with E-state index in [-0.39, 0.29) is 5.91 Å². The molecule has 4 aromatic rings. The van der Waals surface area contributed by atoms with E-state index in [1.54, 1.807) is 19.1 Å². The second-order valence-electron chi connectivity index (χ2n) is 6.30. The fourth-order valence-corrected chi connectivity index (χ4v) is 3.76. The standard InChI is InChI=1S/C21H16ClN3O2S/c1-12-7-9-14(10-8-12)17-11-28-21(23-17)24-20(26)18-13(2)27-25-19(18)15-5-3-4-6-16(15)22/h3-11H,1-2H3,(H,23,24,26). The molecule has 2 aromatic heterocycles. The fourth-order valence-electron chi connectivity index (χ4n) is 2.82. The zero-order chi connectivity index (χ0) is 19.7. The van der Waals surface area contributed by atoms with Crippen LogP contribution >= 0.6 is 22.9 Å². The highest BCUT2D eigenvalue weighted by Crippen LogP contribution is 2.32. The Bertz CT molecular complexity index is 1150. The maximum absolute atomic E-state index is 12.9. The number of carbonyl (C=O) groups is 1. The van der Waals surface area contributed by atoms with Gasteiger partial charge in [0.15, 0.2) is 5.13 Å². The van der Waals surface area contributed by atoms with Crippen LogP contribution in [0.5, 0.6) is 0 Å². The molecule has 7 heteroatoms. The molecule has 0 spiro atoms. The first kappa shape index (κ1) is 18.4. The van der Waals surface area contributed by atoms with Gasteiger partial charge in [0.2, 0.25) is 0 Å². The van der Waals surface area contributed by atoms with Gasteiger partial charge in [-0.15, -0.1) is 11.3 Å². The molecule has 2 aromatic carbocycles. The summed E-state index contributed by atoms with van der Waals surface area (Å²) in [6.07, 6.45) is 0. The number of nitrogens with zero attached hydrogens (tertiary/aromatic N) is 2. The maximum Gasteiger partial charge on any atom is 0.263 e. The molecule has 0 saturated carbocycles. The Labute approximate surface area is 171 Å². The average molecular weight is 410 g/mol. The second-order valence-corrected chi connectivity index (χ2v) is 7.57. The van der Waals surface area contributed by atoms with E-state index in [1.165, 1.54) is 16.9 Å². The van der Waals surface area contributed by atoms with Gasteiger partial charge in [0.05, 0.1) is 10.7 Å². The first-order valence-corrected chi connectivity index (χ1v) is 9.84. The lowest BCUT2D eigenvalue weighted by molar-refractivity contribution is 0.102. The van der Waals surface area contributed by atoms with Gasteiger partial charge in [-0.25, -0.2) is 4.98 Å². The van der Waals surface area contributed by atoms with Gasteiger partial charge in [-0.3, -0.25) is 10.1 Å². The summed E-state index contributed by atoms with van der Waals surface area (Å²) in [4.78, 5) is 17.4. The number of amides is 1. The minimum absolute atomic E-state index is 0.335. The zero-order valence-electron chi connectivity index (χ0n) is 15.2. The van der Waals surface area contributed by atoms with Crippen molar-refractivity contribution in [3.05, 3.63) is 75.8 Å². The molecule has 1 amide bonds. The van der Waals surface area contributed by atoms with E-state index in [0.29, 0.717) is 32.7 Å². The van der Waals surface area contributed by atoms with Crippen molar-refractivity contribution in [3.8, 4) is 22.5 Å². The number of anilines is 1. The largest absolute Gasteiger partial charge is 0.360 e. The molecule has 1 N–H and O–H groups in total. The SMILES string of the molecule is Cc1ccc(-c2csc(NC(=O)c3c(-c4ccccc4Cl)noc3C)n2)cc1. The number of hydrogen-bond acceptors (Lipinski definition) is 5. The Hall–Kier alpha value is -2.96. The Balaban J connectivity index is 1.61. The molecule has 0 saturated heterocycles. The molecule has 0 bridgehead atoms. The summed E-state index contributed by atoms with van der Waals surface area (Å²) in [7, 11) is 0. The average Bonchev–Trinajstić information content (AvgIpc) is 3.29. The Morgan fingerprint density at radius 2 is 1.86 bits per heavy atom. The molecular weight excluding hydrogens is 394 g/mol. The molecular formula is C21H16ClN3O2S. The molecule has 2 heterocycles. The first-order chi connectivity index (χ1) is 13.5. The van der Waals surface area contributed by atoms with E-state index >= 15 is 0 Å². The summed E-state index contributed by atoms with van der Waals surface area (Å²) in [5.74, 6) is 0.0845. The van der Waals surface area contributed by atoms with Gasteiger partial charge < -0.3 is 4.52 Å². The molecule has 4 rings (SSSR count). The van der Waals surface area contributed by atoms with Gasteiger partial charge in [-0.1, -0.05) is 64.8 Å². The lowest BCUT2D eigenvalue weighted by Gasteiger charge is -2.04. The number of benzene rings is 2. The number of aromatic nitrogens is 2. The van der Waals surface area contributed by atoms with Gasteiger partial charge in [0.25, 0.3) is 5.91 Å². The predicted octanol–water partition coefficient (Wildman–Crippen LogP) is 5.99. The number of thiazole rings is 1. The minimum atomic E-state index is -0.335. The molecule has 0 unspecified atom stereocenters. The Morgan fingerprint density at radius 1 is 1.11 bits per heavy atom. The van der Waals surface area contributed by atoms with Crippen LogP contribution < -0.4 is 5.32 Å². The summed E-state index contributed by atoms with van der Waals surface area (Å²) in [5, 5.41) is 9.79. The number of hydrogen-bond donors (Lipinski definition) is 1. The Morgan fingerprint density at radius 3 is 2.61 bits per heavy atom. The molecule has 5 nitrogen and oxygen atoms in total. The smallest absolute Gasteiger partial charge is 0.263 e. The lowest BCUT2D eigenvalue weighted by atomic mass is 10.1. The van der Waals surface area contributed by atoms with Crippen LogP contribution in [-0.2, 0) is 0 Å². The molecule has 0 radical (unpaired) electrons. The summed E-state index contributed by atoms with van der Waals surface area (Å²) < 4.78 is 5.26. The van der Waals surface area contributed by atoms with Crippen LogP contribution in [0.15, 0.2) is 58.4 Å². The quantitative estimate of drug-likeness (QED) is 0.449. The molecule has 0 aliphatic carbocycles. The topological polar surface area (TPSA) is 68.0 Å². The summed E-state index contributed by atoms with van der Waals surface area (Å²) in [6.45, 7) is 3.73. The summed E-state index contributed by atoms with van der Waals surface area (Å²) in [5.41, 5.74) is 4.40. The van der Waals surface area contributed by atoms with Crippen molar-refractivity contribution in [2.45, 2.75) is 13.8 Å². The predicted molar refractivity (Wildman–Crippen MR) is 112 cm³/mol. The van der Waals surface area contributed by atoms with Gasteiger partial charge in [0.1, 0.15) is 17.0 Å². The van der Waals surface area contributed by atoms with Crippen molar-refractivity contribution >= 4 is 34.0 Å². The van der Waals surface area contributed by atoms with E-state index < -0.39 is 0 Å². The fraction of sp³-hybridized carbons (Fsp3) is 0.0952. The van der Waals surface area contributed by atoms with Crippen molar-refractivity contribution in [2.75, 3.05) is 5.32 Å². The Kier molecular flexibility index (Phi) is 4.98. The highest BCUT2D eigenvalue weighted by Gasteiger charge is 2.23. The van der Waals surface area contributed by atoms with Crippen LogP contribution in [0, 0.1) is 13.8 Å². The van der Waals surface area contributed by atoms with Crippen molar-refractivity contribution in [2.24, 2.45) is 0 Å². The zero-order valence-corrected chi connectivity index (χ0v) is 16.8. The second kappa shape index (κ2) is 7.58. The van der Waals surface area contributed by atoms with Gasteiger partial charge in [-0.2, -0.15) is 0 Å². The number of carbonyl (C=O) groups excluding carboxylic acids is 1. The number of rotatable bonds is 4. The van der Waals surface area contributed by atoms with Gasteiger partial charge in [0, 0.05) is 16.5 Å². The lowest BCUT2D eigenvalue weighted by Crippen LogP contribution is -2.13. The van der Waals surface area contributed by atoms with Crippen molar-refractivity contribution in [3.63, 3.8) is 0 Å². The number of halogens is 1. The molecule has 0 aliphatic rings. The summed E-state index contributed by atoms with van der Waals surface area (Å²) in [6, 6.07) is 15.3. The van der Waals surface area contributed by atoms with Crippen LogP contribution in [0.4, 0.5) is 5.13 Å². The number of nitrogens with one attached hydrogen (secondary N) is 1. The van der Waals surface area contributed by atoms with E-state index in [0.717, 1.165) is 11.3 Å². The van der Waals surface area contributed by atoms with Crippen LogP contribution in [0.3, 0.4) is 0 Å². The monoisotopic (exact) mass is 409 g/mol. The van der Waals surface area contributed by atoms with Gasteiger partial charge in [-0.05, 0) is 19.9 Å². The third kappa shape index (κ3) is 3.56. The van der Waals surface area contributed by atoms with Crippen molar-refractivity contribution < 1.29 is 9.32 Å². The van der Waals surface area contributed by atoms with Crippen LogP contribution in [0.25, 0.3) is 22.5 Å². The maximum atomic E-state index is 12.9. The molecule has 0 aliphatic heterocycles.